The number of carbonyl (C=O) groups excluding carboxylic acids is 1. The van der Waals surface area contributed by atoms with Crippen LogP contribution in [0.25, 0.3) is 0 Å². The van der Waals surface area contributed by atoms with Crippen LogP contribution >= 0.6 is 11.3 Å². The predicted octanol–water partition coefficient (Wildman–Crippen LogP) is 2.37. The Bertz CT molecular complexity index is 701. The zero-order valence-electron chi connectivity index (χ0n) is 15.0. The predicted molar refractivity (Wildman–Crippen MR) is 107 cm³/mol. The molecule has 0 aliphatic heterocycles. The average Bonchev–Trinajstić information content (AvgIpc) is 3.14. The van der Waals surface area contributed by atoms with E-state index in [2.05, 4.69) is 38.5 Å². The highest BCUT2D eigenvalue weighted by atomic mass is 32.1. The highest BCUT2D eigenvalue weighted by Crippen LogP contribution is 2.10. The molecule has 0 aliphatic rings. The molecule has 0 aliphatic carbocycles. The number of benzene rings is 1. The van der Waals surface area contributed by atoms with Crippen molar-refractivity contribution in [1.29, 1.82) is 0 Å². The Labute approximate surface area is 158 Å². The zero-order chi connectivity index (χ0) is 18.6. The van der Waals surface area contributed by atoms with E-state index in [0.29, 0.717) is 18.7 Å². The lowest BCUT2D eigenvalue weighted by Gasteiger charge is -2.11. The summed E-state index contributed by atoms with van der Waals surface area (Å²) in [5.74, 6) is 0.695. The molecule has 7 heteroatoms. The lowest BCUT2D eigenvalue weighted by molar-refractivity contribution is 0.0953. The van der Waals surface area contributed by atoms with Crippen LogP contribution in [-0.2, 0) is 6.42 Å². The van der Waals surface area contributed by atoms with E-state index in [1.165, 1.54) is 10.9 Å². The summed E-state index contributed by atoms with van der Waals surface area (Å²) in [5, 5.41) is 20.9. The lowest BCUT2D eigenvalue weighted by Crippen LogP contribution is -2.38. The number of thiophene rings is 1. The van der Waals surface area contributed by atoms with E-state index in [4.69, 9.17) is 0 Å². The summed E-state index contributed by atoms with van der Waals surface area (Å²) in [6, 6.07) is 10.5. The Morgan fingerprint density at radius 2 is 2.04 bits per heavy atom. The number of nitrogens with one attached hydrogen (secondary N) is 3. The minimum atomic E-state index is -0.189. The number of carbonyl (C=O) groups is 1. The molecule has 1 aromatic heterocycles. The van der Waals surface area contributed by atoms with Crippen molar-refractivity contribution in [3.63, 3.8) is 0 Å². The molecular weight excluding hydrogens is 348 g/mol. The van der Waals surface area contributed by atoms with Crippen molar-refractivity contribution in [3.8, 4) is 5.75 Å². The summed E-state index contributed by atoms with van der Waals surface area (Å²) < 4.78 is 0. The number of aliphatic imine (C=N–C) groups is 1. The number of hydrogen-bond donors (Lipinski definition) is 4. The second-order valence-corrected chi connectivity index (χ2v) is 6.71. The van der Waals surface area contributed by atoms with Crippen molar-refractivity contribution in [3.05, 3.63) is 52.2 Å². The van der Waals surface area contributed by atoms with Crippen LogP contribution in [0.3, 0.4) is 0 Å². The highest BCUT2D eigenvalue weighted by molar-refractivity contribution is 7.09. The van der Waals surface area contributed by atoms with Gasteiger partial charge in [-0.3, -0.25) is 9.79 Å². The Morgan fingerprint density at radius 3 is 2.77 bits per heavy atom. The van der Waals surface area contributed by atoms with Gasteiger partial charge in [0.2, 0.25) is 0 Å². The lowest BCUT2D eigenvalue weighted by atomic mass is 10.2. The number of phenolic OH excluding ortho intramolecular Hbond substituents is 1. The number of phenols is 1. The minimum absolute atomic E-state index is 0.0890. The fraction of sp³-hybridized carbons (Fsp3) is 0.368. The molecule has 1 amide bonds. The number of aromatic hydroxyl groups is 1. The Balaban J connectivity index is 1.67. The van der Waals surface area contributed by atoms with Crippen LogP contribution in [0, 0.1) is 0 Å². The zero-order valence-corrected chi connectivity index (χ0v) is 15.8. The molecular formula is C19H26N4O2S. The van der Waals surface area contributed by atoms with Crippen LogP contribution in [0.2, 0.25) is 0 Å². The fourth-order valence-electron chi connectivity index (χ4n) is 2.32. The Morgan fingerprint density at radius 1 is 1.15 bits per heavy atom. The molecule has 1 heterocycles. The molecule has 4 N–H and O–H groups in total. The van der Waals surface area contributed by atoms with Gasteiger partial charge >= 0.3 is 0 Å². The van der Waals surface area contributed by atoms with Crippen molar-refractivity contribution in [2.24, 2.45) is 4.99 Å². The molecule has 140 valence electrons. The van der Waals surface area contributed by atoms with Gasteiger partial charge in [-0.1, -0.05) is 12.1 Å². The molecule has 0 fully saturated rings. The van der Waals surface area contributed by atoms with Crippen LogP contribution in [0.4, 0.5) is 0 Å². The van der Waals surface area contributed by atoms with Gasteiger partial charge in [-0.2, -0.15) is 0 Å². The summed E-state index contributed by atoms with van der Waals surface area (Å²) in [7, 11) is 0. The van der Waals surface area contributed by atoms with E-state index in [-0.39, 0.29) is 11.7 Å². The van der Waals surface area contributed by atoms with Crippen LogP contribution < -0.4 is 16.0 Å². The third-order valence-corrected chi connectivity index (χ3v) is 4.52. The number of guanidine groups is 1. The van der Waals surface area contributed by atoms with Gasteiger partial charge in [0.15, 0.2) is 5.96 Å². The second kappa shape index (κ2) is 11.1. The summed E-state index contributed by atoms with van der Waals surface area (Å²) in [6.07, 6.45) is 1.72. The first-order chi connectivity index (χ1) is 12.7. The standard InChI is InChI=1S/C19H26N4O2S/c1-2-20-19(23-12-9-17-8-4-13-26-17)22-11-5-10-21-18(25)15-6-3-7-16(24)14-15/h3-4,6-8,13-14,24H,2,5,9-12H2,1H3,(H,21,25)(H2,20,22,23). The van der Waals surface area contributed by atoms with E-state index in [0.717, 1.165) is 31.9 Å². The average molecular weight is 375 g/mol. The first-order valence-corrected chi connectivity index (χ1v) is 9.69. The Hall–Kier alpha value is -2.54. The molecule has 2 aromatic rings. The van der Waals surface area contributed by atoms with Crippen LogP contribution in [-0.4, -0.2) is 43.2 Å². The van der Waals surface area contributed by atoms with Crippen LogP contribution in [0.15, 0.2) is 46.8 Å². The van der Waals surface area contributed by atoms with Gasteiger partial charge in [0.25, 0.3) is 5.91 Å². The van der Waals surface area contributed by atoms with E-state index in [1.54, 1.807) is 29.5 Å². The highest BCUT2D eigenvalue weighted by Gasteiger charge is 2.05. The first kappa shape index (κ1) is 19.8. The summed E-state index contributed by atoms with van der Waals surface area (Å²) in [5.41, 5.74) is 0.456. The van der Waals surface area contributed by atoms with Crippen molar-refractivity contribution in [1.82, 2.24) is 16.0 Å². The third kappa shape index (κ3) is 7.14. The van der Waals surface area contributed by atoms with Gasteiger partial charge in [0.1, 0.15) is 5.75 Å². The molecule has 0 saturated carbocycles. The normalized spacial score (nSPS) is 11.2. The minimum Gasteiger partial charge on any atom is -0.508 e. The van der Waals surface area contributed by atoms with E-state index >= 15 is 0 Å². The van der Waals surface area contributed by atoms with Crippen molar-refractivity contribution >= 4 is 23.2 Å². The molecule has 0 atom stereocenters. The maximum atomic E-state index is 12.0. The van der Waals surface area contributed by atoms with Gasteiger partial charge in [-0.25, -0.2) is 0 Å². The monoisotopic (exact) mass is 374 g/mol. The molecule has 0 spiro atoms. The molecule has 0 saturated heterocycles. The molecule has 0 radical (unpaired) electrons. The van der Waals surface area contributed by atoms with Crippen molar-refractivity contribution in [2.45, 2.75) is 19.8 Å². The Kier molecular flexibility index (Phi) is 8.48. The van der Waals surface area contributed by atoms with Crippen molar-refractivity contribution < 1.29 is 9.90 Å². The second-order valence-electron chi connectivity index (χ2n) is 5.68. The van der Waals surface area contributed by atoms with Crippen LogP contribution in [0.5, 0.6) is 5.75 Å². The fourth-order valence-corrected chi connectivity index (χ4v) is 3.03. The van der Waals surface area contributed by atoms with E-state index in [1.807, 2.05) is 6.92 Å². The van der Waals surface area contributed by atoms with Gasteiger partial charge in [-0.15, -0.1) is 11.3 Å². The summed E-state index contributed by atoms with van der Waals surface area (Å²) in [4.78, 5) is 17.8. The van der Waals surface area contributed by atoms with E-state index < -0.39 is 0 Å². The number of nitrogens with zero attached hydrogens (tertiary/aromatic N) is 1. The number of amides is 1. The summed E-state index contributed by atoms with van der Waals surface area (Å²) >= 11 is 1.76. The number of hydrogen-bond acceptors (Lipinski definition) is 4. The molecule has 6 nitrogen and oxygen atoms in total. The summed E-state index contributed by atoms with van der Waals surface area (Å²) in [6.45, 7) is 4.83. The van der Waals surface area contributed by atoms with Crippen LogP contribution in [0.1, 0.15) is 28.6 Å². The number of rotatable bonds is 9. The molecule has 2 rings (SSSR count). The van der Waals surface area contributed by atoms with Gasteiger partial charge in [0.05, 0.1) is 0 Å². The van der Waals surface area contributed by atoms with Gasteiger partial charge < -0.3 is 21.1 Å². The molecule has 26 heavy (non-hydrogen) atoms. The molecule has 1 aromatic carbocycles. The third-order valence-electron chi connectivity index (χ3n) is 3.59. The molecule has 0 bridgehead atoms. The largest absolute Gasteiger partial charge is 0.508 e. The quantitative estimate of drug-likeness (QED) is 0.308. The van der Waals surface area contributed by atoms with Crippen molar-refractivity contribution in [2.75, 3.05) is 26.2 Å². The maximum Gasteiger partial charge on any atom is 0.251 e. The van der Waals surface area contributed by atoms with E-state index in [9.17, 15) is 9.90 Å². The van der Waals surface area contributed by atoms with Gasteiger partial charge in [-0.05, 0) is 49.4 Å². The SMILES string of the molecule is CCNC(=NCCCNC(=O)c1cccc(O)c1)NCCc1cccs1. The van der Waals surface area contributed by atoms with Gasteiger partial charge in [0, 0.05) is 36.6 Å². The maximum absolute atomic E-state index is 12.0. The smallest absolute Gasteiger partial charge is 0.251 e. The topological polar surface area (TPSA) is 85.8 Å². The first-order valence-electron chi connectivity index (χ1n) is 8.81. The molecule has 0 unspecified atom stereocenters.